The molecule has 18 heavy (non-hydrogen) atoms. The van der Waals surface area contributed by atoms with Crippen molar-refractivity contribution in [2.75, 3.05) is 38.8 Å². The number of rotatable bonds is 8. The molecule has 0 bridgehead atoms. The van der Waals surface area contributed by atoms with Gasteiger partial charge in [-0.25, -0.2) is 9.78 Å². The largest absolute Gasteiger partial charge is 0.477 e. The van der Waals surface area contributed by atoms with Crippen molar-refractivity contribution in [2.45, 2.75) is 13.5 Å². The zero-order chi connectivity index (χ0) is 13.5. The molecular weight excluding hydrogens is 256 g/mol. The van der Waals surface area contributed by atoms with E-state index in [0.717, 1.165) is 6.54 Å². The van der Waals surface area contributed by atoms with E-state index in [1.165, 1.54) is 18.4 Å². The Bertz CT molecular complexity index is 394. The van der Waals surface area contributed by atoms with E-state index in [-0.39, 0.29) is 11.5 Å². The molecule has 0 saturated heterocycles. The lowest BCUT2D eigenvalue weighted by Crippen LogP contribution is -2.26. The first-order valence-corrected chi connectivity index (χ1v) is 6.41. The Labute approximate surface area is 110 Å². The summed E-state index contributed by atoms with van der Waals surface area (Å²) in [6.45, 7) is 4.22. The zero-order valence-corrected chi connectivity index (χ0v) is 11.6. The maximum Gasteiger partial charge on any atom is 0.347 e. The first-order valence-electron chi connectivity index (χ1n) is 5.59. The second-order valence-corrected chi connectivity index (χ2v) is 4.56. The van der Waals surface area contributed by atoms with Gasteiger partial charge in [-0.2, -0.15) is 0 Å². The van der Waals surface area contributed by atoms with Gasteiger partial charge in [-0.15, -0.1) is 0 Å². The Morgan fingerprint density at radius 3 is 2.67 bits per heavy atom. The number of ether oxygens (including phenoxy) is 2. The second kappa shape index (κ2) is 7.30. The molecule has 0 amide bonds. The number of aromatic nitrogens is 1. The van der Waals surface area contributed by atoms with Gasteiger partial charge in [-0.3, -0.25) is 0 Å². The van der Waals surface area contributed by atoms with Crippen molar-refractivity contribution in [3.63, 3.8) is 0 Å². The van der Waals surface area contributed by atoms with Crippen molar-refractivity contribution in [3.8, 4) is 0 Å². The second-order valence-electron chi connectivity index (χ2n) is 3.58. The molecule has 102 valence electrons. The highest BCUT2D eigenvalue weighted by atomic mass is 32.1. The van der Waals surface area contributed by atoms with E-state index < -0.39 is 5.97 Å². The molecule has 0 atom stereocenters. The number of nitrogens with zero attached hydrogens (tertiary/aromatic N) is 2. The van der Waals surface area contributed by atoms with Crippen molar-refractivity contribution in [2.24, 2.45) is 0 Å². The summed E-state index contributed by atoms with van der Waals surface area (Å²) in [5.41, 5.74) is 0.473. The minimum atomic E-state index is -0.964. The summed E-state index contributed by atoms with van der Waals surface area (Å²) in [5.74, 6) is -0.964. The van der Waals surface area contributed by atoms with E-state index in [4.69, 9.17) is 14.6 Å². The fraction of sp³-hybridized carbons (Fsp3) is 0.636. The molecule has 1 aromatic heterocycles. The molecule has 0 unspecified atom stereocenters. The Hall–Kier alpha value is -1.18. The number of likely N-dealkylation sites (N-methyl/N-ethyl adjacent to an activating group) is 1. The standard InChI is InChI=1S/C11H18N2O4S/c1-4-13(5-6-16-2)11-12-8(7-17-3)9(18-11)10(14)15/h4-7H2,1-3H3,(H,14,15). The van der Waals surface area contributed by atoms with Crippen LogP contribution in [0.2, 0.25) is 0 Å². The summed E-state index contributed by atoms with van der Waals surface area (Å²) in [7, 11) is 3.15. The summed E-state index contributed by atoms with van der Waals surface area (Å²) >= 11 is 1.17. The molecular formula is C11H18N2O4S. The minimum absolute atomic E-state index is 0.208. The quantitative estimate of drug-likeness (QED) is 0.774. The van der Waals surface area contributed by atoms with Gasteiger partial charge in [0.25, 0.3) is 0 Å². The van der Waals surface area contributed by atoms with Gasteiger partial charge in [0.2, 0.25) is 0 Å². The van der Waals surface area contributed by atoms with Gasteiger partial charge in [0.15, 0.2) is 5.13 Å². The Morgan fingerprint density at radius 1 is 1.44 bits per heavy atom. The highest BCUT2D eigenvalue weighted by Crippen LogP contribution is 2.26. The Kier molecular flexibility index (Phi) is 6.03. The predicted octanol–water partition coefficient (Wildman–Crippen LogP) is 1.46. The molecule has 6 nitrogen and oxygen atoms in total. The van der Waals surface area contributed by atoms with E-state index in [2.05, 4.69) is 4.98 Å². The van der Waals surface area contributed by atoms with Crippen molar-refractivity contribution in [1.29, 1.82) is 0 Å². The van der Waals surface area contributed by atoms with Crippen LogP contribution >= 0.6 is 11.3 Å². The number of carbonyl (C=O) groups is 1. The highest BCUT2D eigenvalue weighted by Gasteiger charge is 2.19. The van der Waals surface area contributed by atoms with Gasteiger partial charge in [0, 0.05) is 27.3 Å². The maximum atomic E-state index is 11.1. The summed E-state index contributed by atoms with van der Waals surface area (Å²) in [6.07, 6.45) is 0. The fourth-order valence-corrected chi connectivity index (χ4v) is 2.46. The molecule has 7 heteroatoms. The van der Waals surface area contributed by atoms with Crippen LogP contribution in [0.15, 0.2) is 0 Å². The minimum Gasteiger partial charge on any atom is -0.477 e. The smallest absolute Gasteiger partial charge is 0.347 e. The lowest BCUT2D eigenvalue weighted by molar-refractivity contribution is 0.0697. The van der Waals surface area contributed by atoms with E-state index in [9.17, 15) is 4.79 Å². The van der Waals surface area contributed by atoms with Crippen molar-refractivity contribution in [1.82, 2.24) is 4.98 Å². The molecule has 0 aliphatic heterocycles. The third kappa shape index (κ3) is 3.66. The number of carboxylic acid groups (broad SMARTS) is 1. The van der Waals surface area contributed by atoms with E-state index in [1.807, 2.05) is 11.8 Å². The van der Waals surface area contributed by atoms with Crippen molar-refractivity contribution < 1.29 is 19.4 Å². The van der Waals surface area contributed by atoms with E-state index >= 15 is 0 Å². The number of thiazole rings is 1. The third-order valence-corrected chi connectivity index (χ3v) is 3.53. The molecule has 0 saturated carbocycles. The summed E-state index contributed by atoms with van der Waals surface area (Å²) < 4.78 is 9.99. The monoisotopic (exact) mass is 274 g/mol. The van der Waals surface area contributed by atoms with Crippen molar-refractivity contribution >= 4 is 22.4 Å². The average molecular weight is 274 g/mol. The van der Waals surface area contributed by atoms with Crippen LogP contribution in [-0.2, 0) is 16.1 Å². The number of hydrogen-bond donors (Lipinski definition) is 1. The molecule has 0 spiro atoms. The van der Waals surface area contributed by atoms with Gasteiger partial charge in [0.1, 0.15) is 4.88 Å². The number of aromatic carboxylic acids is 1. The van der Waals surface area contributed by atoms with Crippen LogP contribution in [0.3, 0.4) is 0 Å². The van der Waals surface area contributed by atoms with E-state index in [1.54, 1.807) is 7.11 Å². The topological polar surface area (TPSA) is 71.9 Å². The van der Waals surface area contributed by atoms with Crippen molar-refractivity contribution in [3.05, 3.63) is 10.6 Å². The average Bonchev–Trinajstić information content (AvgIpc) is 2.75. The molecule has 0 aliphatic carbocycles. The number of methoxy groups -OCH3 is 2. The number of anilines is 1. The highest BCUT2D eigenvalue weighted by molar-refractivity contribution is 7.17. The predicted molar refractivity (Wildman–Crippen MR) is 69.5 cm³/mol. The Morgan fingerprint density at radius 2 is 2.17 bits per heavy atom. The van der Waals surface area contributed by atoms with Gasteiger partial charge in [-0.1, -0.05) is 11.3 Å². The van der Waals surface area contributed by atoms with Crippen LogP contribution in [0.25, 0.3) is 0 Å². The van der Waals surface area contributed by atoms with Crippen LogP contribution in [0.5, 0.6) is 0 Å². The fourth-order valence-electron chi connectivity index (χ4n) is 1.47. The first kappa shape index (κ1) is 14.9. The van der Waals surface area contributed by atoms with Crippen LogP contribution in [-0.4, -0.2) is 50.0 Å². The molecule has 1 N–H and O–H groups in total. The Balaban J connectivity index is 2.93. The van der Waals surface area contributed by atoms with Gasteiger partial charge in [-0.05, 0) is 6.92 Å². The summed E-state index contributed by atoms with van der Waals surface area (Å²) in [6, 6.07) is 0. The third-order valence-electron chi connectivity index (χ3n) is 2.38. The van der Waals surface area contributed by atoms with Gasteiger partial charge >= 0.3 is 5.97 Å². The van der Waals surface area contributed by atoms with Crippen LogP contribution < -0.4 is 4.90 Å². The molecule has 0 fully saturated rings. The summed E-state index contributed by atoms with van der Waals surface area (Å²) in [4.78, 5) is 17.7. The maximum absolute atomic E-state index is 11.1. The van der Waals surface area contributed by atoms with Crippen LogP contribution in [0.4, 0.5) is 5.13 Å². The lowest BCUT2D eigenvalue weighted by Gasteiger charge is -2.18. The molecule has 0 aliphatic rings. The molecule has 1 heterocycles. The molecule has 0 radical (unpaired) electrons. The normalized spacial score (nSPS) is 10.6. The SMILES string of the molecule is CCN(CCOC)c1nc(COC)c(C(=O)O)s1. The zero-order valence-electron chi connectivity index (χ0n) is 10.8. The molecule has 0 aromatic carbocycles. The van der Waals surface area contributed by atoms with E-state index in [0.29, 0.717) is 24.0 Å². The van der Waals surface area contributed by atoms with Gasteiger partial charge in [0.05, 0.1) is 18.9 Å². The van der Waals surface area contributed by atoms with Crippen LogP contribution in [0, 0.1) is 0 Å². The van der Waals surface area contributed by atoms with Crippen LogP contribution in [0.1, 0.15) is 22.3 Å². The lowest BCUT2D eigenvalue weighted by atomic mass is 10.4. The number of hydrogen-bond acceptors (Lipinski definition) is 6. The number of carboxylic acids is 1. The van der Waals surface area contributed by atoms with Gasteiger partial charge < -0.3 is 19.5 Å². The molecule has 1 aromatic rings. The molecule has 1 rings (SSSR count). The first-order chi connectivity index (χ1) is 8.63. The summed E-state index contributed by atoms with van der Waals surface area (Å²) in [5, 5.41) is 9.80.